The number of carboxylic acids is 1. The first kappa shape index (κ1) is 12.2. The zero-order valence-corrected chi connectivity index (χ0v) is 10.8. The molecule has 1 aromatic rings. The minimum atomic E-state index is -0.962. The Balaban J connectivity index is 1.66. The number of nitrogens with one attached hydrogen (secondary N) is 1. The summed E-state index contributed by atoms with van der Waals surface area (Å²) in [6, 6.07) is 8.06. The molecule has 0 aromatic heterocycles. The molecule has 1 amide bonds. The van der Waals surface area contributed by atoms with Gasteiger partial charge in [-0.05, 0) is 43.2 Å². The Labute approximate surface area is 111 Å². The van der Waals surface area contributed by atoms with E-state index >= 15 is 0 Å². The number of hydrogen-bond donors (Lipinski definition) is 2. The van der Waals surface area contributed by atoms with Crippen molar-refractivity contribution in [2.24, 2.45) is 5.92 Å². The van der Waals surface area contributed by atoms with Crippen LogP contribution in [-0.4, -0.2) is 22.5 Å². The molecule has 4 nitrogen and oxygen atoms in total. The normalized spacial score (nSPS) is 26.6. The molecule has 2 atom stereocenters. The van der Waals surface area contributed by atoms with E-state index in [4.69, 9.17) is 5.11 Å². The van der Waals surface area contributed by atoms with Crippen LogP contribution in [0.2, 0.25) is 0 Å². The third kappa shape index (κ3) is 2.11. The summed E-state index contributed by atoms with van der Waals surface area (Å²) >= 11 is 0. The van der Waals surface area contributed by atoms with E-state index in [2.05, 4.69) is 11.4 Å². The lowest BCUT2D eigenvalue weighted by Crippen LogP contribution is -2.43. The van der Waals surface area contributed by atoms with Crippen LogP contribution in [-0.2, 0) is 9.59 Å². The van der Waals surface area contributed by atoms with Gasteiger partial charge in [0.05, 0.1) is 0 Å². The summed E-state index contributed by atoms with van der Waals surface area (Å²) in [4.78, 5) is 23.1. The molecular formula is C15H17NO3. The van der Waals surface area contributed by atoms with Crippen molar-refractivity contribution in [3.8, 4) is 0 Å². The summed E-state index contributed by atoms with van der Waals surface area (Å²) < 4.78 is 0. The lowest BCUT2D eigenvalue weighted by molar-refractivity contribution is -0.143. The third-order valence-electron chi connectivity index (χ3n) is 4.24. The highest BCUT2D eigenvalue weighted by Gasteiger charge is 2.54. The highest BCUT2D eigenvalue weighted by atomic mass is 16.4. The number of carboxylic acid groups (broad SMARTS) is 1. The van der Waals surface area contributed by atoms with Crippen LogP contribution in [0.25, 0.3) is 0 Å². The maximum atomic E-state index is 12.1. The van der Waals surface area contributed by atoms with Crippen molar-refractivity contribution >= 4 is 11.9 Å². The van der Waals surface area contributed by atoms with Crippen LogP contribution in [0.3, 0.4) is 0 Å². The van der Waals surface area contributed by atoms with Gasteiger partial charge in [-0.15, -0.1) is 0 Å². The molecule has 3 rings (SSSR count). The molecule has 2 aliphatic carbocycles. The van der Waals surface area contributed by atoms with E-state index in [-0.39, 0.29) is 17.7 Å². The predicted molar refractivity (Wildman–Crippen MR) is 69.8 cm³/mol. The Morgan fingerprint density at radius 2 is 2.00 bits per heavy atom. The first-order valence-electron chi connectivity index (χ1n) is 6.64. The average molecular weight is 259 g/mol. The molecule has 0 saturated heterocycles. The second-order valence-electron chi connectivity index (χ2n) is 5.68. The van der Waals surface area contributed by atoms with Crippen molar-refractivity contribution in [2.75, 3.05) is 0 Å². The Bertz CT molecular complexity index is 548. The Kier molecular flexibility index (Phi) is 2.62. The van der Waals surface area contributed by atoms with Crippen LogP contribution in [0.5, 0.6) is 0 Å². The van der Waals surface area contributed by atoms with Gasteiger partial charge in [-0.25, -0.2) is 4.79 Å². The number of amides is 1. The van der Waals surface area contributed by atoms with Crippen LogP contribution in [0.15, 0.2) is 24.3 Å². The van der Waals surface area contributed by atoms with Gasteiger partial charge in [0.15, 0.2) is 0 Å². The van der Waals surface area contributed by atoms with E-state index in [0.717, 1.165) is 6.42 Å². The van der Waals surface area contributed by atoms with Crippen LogP contribution >= 0.6 is 0 Å². The number of hydrogen-bond acceptors (Lipinski definition) is 2. The molecule has 2 fully saturated rings. The van der Waals surface area contributed by atoms with E-state index in [1.165, 1.54) is 11.1 Å². The van der Waals surface area contributed by atoms with E-state index in [9.17, 15) is 9.59 Å². The highest BCUT2D eigenvalue weighted by Crippen LogP contribution is 2.49. The van der Waals surface area contributed by atoms with Crippen molar-refractivity contribution in [1.82, 2.24) is 5.32 Å². The molecule has 2 saturated carbocycles. The van der Waals surface area contributed by atoms with Gasteiger partial charge < -0.3 is 10.4 Å². The topological polar surface area (TPSA) is 66.4 Å². The van der Waals surface area contributed by atoms with E-state index in [1.54, 1.807) is 0 Å². The smallest absolute Gasteiger partial charge is 0.329 e. The Morgan fingerprint density at radius 1 is 1.32 bits per heavy atom. The maximum absolute atomic E-state index is 12.1. The quantitative estimate of drug-likeness (QED) is 0.867. The molecule has 0 spiro atoms. The second kappa shape index (κ2) is 4.08. The summed E-state index contributed by atoms with van der Waals surface area (Å²) in [6.07, 6.45) is 1.93. The summed E-state index contributed by atoms with van der Waals surface area (Å²) in [5.41, 5.74) is 1.45. The molecule has 0 aliphatic heterocycles. The van der Waals surface area contributed by atoms with Gasteiger partial charge in [-0.2, -0.15) is 0 Å². The molecule has 0 unspecified atom stereocenters. The number of rotatable bonds is 4. The molecule has 19 heavy (non-hydrogen) atoms. The van der Waals surface area contributed by atoms with E-state index in [0.29, 0.717) is 12.8 Å². The lowest BCUT2D eigenvalue weighted by atomic mass is 10.0. The fraction of sp³-hybridized carbons (Fsp3) is 0.467. The molecule has 0 radical (unpaired) electrons. The monoisotopic (exact) mass is 259 g/mol. The van der Waals surface area contributed by atoms with Crippen LogP contribution in [0, 0.1) is 12.8 Å². The van der Waals surface area contributed by atoms with Crippen molar-refractivity contribution < 1.29 is 14.7 Å². The molecule has 0 bridgehead atoms. The molecule has 2 N–H and O–H groups in total. The number of carbonyl (C=O) groups is 2. The first-order chi connectivity index (χ1) is 9.03. The van der Waals surface area contributed by atoms with Crippen molar-refractivity contribution in [3.05, 3.63) is 35.4 Å². The molecular weight excluding hydrogens is 242 g/mol. The molecule has 2 aliphatic rings. The van der Waals surface area contributed by atoms with Gasteiger partial charge >= 0.3 is 5.97 Å². The second-order valence-corrected chi connectivity index (χ2v) is 5.68. The van der Waals surface area contributed by atoms with E-state index < -0.39 is 11.5 Å². The van der Waals surface area contributed by atoms with Crippen molar-refractivity contribution in [2.45, 2.75) is 37.6 Å². The summed E-state index contributed by atoms with van der Waals surface area (Å²) in [6.45, 7) is 2.04. The summed E-state index contributed by atoms with van der Waals surface area (Å²) in [5.74, 6) is -0.814. The molecule has 1 aromatic carbocycles. The van der Waals surface area contributed by atoms with Gasteiger partial charge in [-0.3, -0.25) is 4.79 Å². The van der Waals surface area contributed by atoms with E-state index in [1.807, 2.05) is 25.1 Å². The van der Waals surface area contributed by atoms with Crippen LogP contribution in [0.1, 0.15) is 36.3 Å². The Hall–Kier alpha value is -1.84. The SMILES string of the molecule is Cc1ccccc1[C@@H]1C[C@H]1C(=O)NC1(C(=O)O)CC1. The van der Waals surface area contributed by atoms with Gasteiger partial charge in [0, 0.05) is 5.92 Å². The minimum absolute atomic E-state index is 0.0575. The predicted octanol–water partition coefficient (Wildman–Crippen LogP) is 1.83. The summed E-state index contributed by atoms with van der Waals surface area (Å²) in [7, 11) is 0. The van der Waals surface area contributed by atoms with Crippen molar-refractivity contribution in [1.29, 1.82) is 0 Å². The fourth-order valence-electron chi connectivity index (χ4n) is 2.68. The van der Waals surface area contributed by atoms with Gasteiger partial charge in [0.1, 0.15) is 5.54 Å². The highest BCUT2D eigenvalue weighted by molar-refractivity contribution is 5.92. The molecule has 100 valence electrons. The maximum Gasteiger partial charge on any atom is 0.329 e. The zero-order valence-electron chi connectivity index (χ0n) is 10.8. The van der Waals surface area contributed by atoms with Gasteiger partial charge in [0.2, 0.25) is 5.91 Å². The lowest BCUT2D eigenvalue weighted by Gasteiger charge is -2.12. The van der Waals surface area contributed by atoms with Crippen LogP contribution in [0.4, 0.5) is 0 Å². The third-order valence-corrected chi connectivity index (χ3v) is 4.24. The molecule has 4 heteroatoms. The Morgan fingerprint density at radius 3 is 2.58 bits per heavy atom. The molecule has 0 heterocycles. The number of aryl methyl sites for hydroxylation is 1. The van der Waals surface area contributed by atoms with Gasteiger partial charge in [0.25, 0.3) is 0 Å². The number of aliphatic carboxylic acids is 1. The standard InChI is InChI=1S/C15H17NO3/c1-9-4-2-3-5-10(9)11-8-12(11)13(17)16-15(6-7-15)14(18)19/h2-5,11-12H,6-8H2,1H3,(H,16,17)(H,18,19)/t11-,12+/m0/s1. The zero-order chi connectivity index (χ0) is 13.6. The average Bonchev–Trinajstić information content (AvgIpc) is 3.23. The number of carbonyl (C=O) groups excluding carboxylic acids is 1. The van der Waals surface area contributed by atoms with Crippen molar-refractivity contribution in [3.63, 3.8) is 0 Å². The van der Waals surface area contributed by atoms with Gasteiger partial charge in [-0.1, -0.05) is 24.3 Å². The number of benzene rings is 1. The minimum Gasteiger partial charge on any atom is -0.480 e. The van der Waals surface area contributed by atoms with Crippen LogP contribution < -0.4 is 5.32 Å². The summed E-state index contributed by atoms with van der Waals surface area (Å²) in [5, 5.41) is 11.8. The first-order valence-corrected chi connectivity index (χ1v) is 6.64. The fourth-order valence-corrected chi connectivity index (χ4v) is 2.68. The largest absolute Gasteiger partial charge is 0.480 e.